The van der Waals surface area contributed by atoms with E-state index in [9.17, 15) is 14.4 Å². The summed E-state index contributed by atoms with van der Waals surface area (Å²) in [5.41, 5.74) is 1.93. The molecule has 0 aromatic heterocycles. The van der Waals surface area contributed by atoms with Crippen LogP contribution in [0.2, 0.25) is 0 Å². The Morgan fingerprint density at radius 2 is 1.74 bits per heavy atom. The Balaban J connectivity index is 1.83. The molecule has 2 rings (SSSR count). The molecule has 164 valence electrons. The van der Waals surface area contributed by atoms with Crippen molar-refractivity contribution in [1.29, 1.82) is 0 Å². The summed E-state index contributed by atoms with van der Waals surface area (Å²) in [7, 11) is 1.51. The van der Waals surface area contributed by atoms with Gasteiger partial charge in [0.15, 0.2) is 30.5 Å². The maximum Gasteiger partial charge on any atom is 0.344 e. The molecule has 1 amide bonds. The van der Waals surface area contributed by atoms with Gasteiger partial charge in [-0.25, -0.2) is 4.79 Å². The minimum atomic E-state index is -0.670. The number of Topliss-reactive ketones (excluding diaryl/α,β-unsaturated/α-hetero) is 1. The summed E-state index contributed by atoms with van der Waals surface area (Å²) >= 11 is 0. The molecule has 0 saturated heterocycles. The molecule has 7 heteroatoms. The van der Waals surface area contributed by atoms with Gasteiger partial charge in [0.1, 0.15) is 0 Å². The smallest absolute Gasteiger partial charge is 0.344 e. The van der Waals surface area contributed by atoms with Gasteiger partial charge >= 0.3 is 5.97 Å². The first-order valence-electron chi connectivity index (χ1n) is 9.99. The summed E-state index contributed by atoms with van der Waals surface area (Å²) in [6, 6.07) is 11.7. The first-order valence-corrected chi connectivity index (χ1v) is 9.99. The highest BCUT2D eigenvalue weighted by Crippen LogP contribution is 2.28. The van der Waals surface area contributed by atoms with Gasteiger partial charge in [0.2, 0.25) is 5.91 Å². The van der Waals surface area contributed by atoms with E-state index < -0.39 is 12.6 Å². The summed E-state index contributed by atoms with van der Waals surface area (Å²) in [5, 5.41) is 2.75. The number of hydrogen-bond donors (Lipinski definition) is 1. The summed E-state index contributed by atoms with van der Waals surface area (Å²) < 4.78 is 15.7. The lowest BCUT2D eigenvalue weighted by atomic mass is 10.1. The van der Waals surface area contributed by atoms with Crippen LogP contribution in [0.4, 0.5) is 5.69 Å². The third-order valence-corrected chi connectivity index (χ3v) is 4.22. The van der Waals surface area contributed by atoms with Crippen molar-refractivity contribution in [3.05, 3.63) is 59.7 Å². The highest BCUT2D eigenvalue weighted by molar-refractivity contribution is 5.98. The van der Waals surface area contributed by atoms with Crippen molar-refractivity contribution < 1.29 is 28.6 Å². The zero-order valence-corrected chi connectivity index (χ0v) is 18.0. The van der Waals surface area contributed by atoms with Crippen LogP contribution in [0.15, 0.2) is 48.5 Å². The number of allylic oxidation sites excluding steroid dienone is 1. The van der Waals surface area contributed by atoms with Gasteiger partial charge in [-0.05, 0) is 55.3 Å². The first-order chi connectivity index (χ1) is 15.0. The van der Waals surface area contributed by atoms with E-state index >= 15 is 0 Å². The van der Waals surface area contributed by atoms with Crippen LogP contribution in [0.5, 0.6) is 11.5 Å². The third kappa shape index (κ3) is 7.62. The van der Waals surface area contributed by atoms with Crippen molar-refractivity contribution >= 4 is 29.4 Å². The molecule has 2 aromatic rings. The fraction of sp³-hybridized carbons (Fsp3) is 0.292. The van der Waals surface area contributed by atoms with E-state index in [-0.39, 0.29) is 18.3 Å². The number of methoxy groups -OCH3 is 1. The normalized spacial score (nSPS) is 10.5. The number of carbonyl (C=O) groups is 3. The van der Waals surface area contributed by atoms with E-state index in [1.54, 1.807) is 36.4 Å². The second-order valence-corrected chi connectivity index (χ2v) is 6.66. The Morgan fingerprint density at radius 1 is 1.00 bits per heavy atom. The average molecular weight is 425 g/mol. The molecule has 31 heavy (non-hydrogen) atoms. The van der Waals surface area contributed by atoms with Crippen LogP contribution < -0.4 is 14.8 Å². The lowest BCUT2D eigenvalue weighted by Crippen LogP contribution is -2.19. The van der Waals surface area contributed by atoms with Crippen LogP contribution in [0.3, 0.4) is 0 Å². The van der Waals surface area contributed by atoms with Gasteiger partial charge in [-0.2, -0.15) is 0 Å². The molecule has 0 fully saturated rings. The molecule has 0 bridgehead atoms. The van der Waals surface area contributed by atoms with Crippen LogP contribution in [0.1, 0.15) is 42.6 Å². The Morgan fingerprint density at radius 3 is 2.39 bits per heavy atom. The van der Waals surface area contributed by atoms with E-state index in [0.717, 1.165) is 12.0 Å². The summed E-state index contributed by atoms with van der Waals surface area (Å²) in [6.07, 6.45) is 5.01. The maximum absolute atomic E-state index is 12.2. The number of ketones is 1. The lowest BCUT2D eigenvalue weighted by Gasteiger charge is -2.11. The van der Waals surface area contributed by atoms with Crippen molar-refractivity contribution in [1.82, 2.24) is 0 Å². The highest BCUT2D eigenvalue weighted by atomic mass is 16.6. The number of rotatable bonds is 11. The highest BCUT2D eigenvalue weighted by Gasteiger charge is 2.13. The Bertz CT molecular complexity index is 934. The fourth-order valence-corrected chi connectivity index (χ4v) is 2.70. The molecule has 0 aliphatic carbocycles. The van der Waals surface area contributed by atoms with Gasteiger partial charge in [0, 0.05) is 17.7 Å². The van der Waals surface area contributed by atoms with Crippen LogP contribution in [-0.4, -0.2) is 38.0 Å². The van der Waals surface area contributed by atoms with E-state index in [1.165, 1.54) is 7.11 Å². The molecule has 0 aliphatic rings. The Labute approximate surface area is 182 Å². The van der Waals surface area contributed by atoms with Crippen molar-refractivity contribution in [2.75, 3.05) is 25.6 Å². The number of esters is 1. The first kappa shape index (κ1) is 23.7. The van der Waals surface area contributed by atoms with Gasteiger partial charge in [-0.15, -0.1) is 0 Å². The van der Waals surface area contributed by atoms with Crippen molar-refractivity contribution in [3.8, 4) is 11.5 Å². The number of hydrogen-bond acceptors (Lipinski definition) is 6. The second-order valence-electron chi connectivity index (χ2n) is 6.66. The minimum absolute atomic E-state index is 0.0800. The molecule has 0 unspecified atom stereocenters. The number of amides is 1. The third-order valence-electron chi connectivity index (χ3n) is 4.22. The van der Waals surface area contributed by atoms with Crippen LogP contribution >= 0.6 is 0 Å². The monoisotopic (exact) mass is 425 g/mol. The van der Waals surface area contributed by atoms with Gasteiger partial charge in [0.25, 0.3) is 0 Å². The van der Waals surface area contributed by atoms with Crippen LogP contribution in [-0.2, 0) is 14.3 Å². The average Bonchev–Trinajstić information content (AvgIpc) is 2.77. The van der Waals surface area contributed by atoms with E-state index in [0.29, 0.717) is 29.2 Å². The van der Waals surface area contributed by atoms with Crippen molar-refractivity contribution in [3.63, 3.8) is 0 Å². The molecular formula is C24H27NO6. The number of ether oxygens (including phenoxy) is 3. The molecular weight excluding hydrogens is 398 g/mol. The molecule has 0 aliphatic heterocycles. The Hall–Kier alpha value is -3.61. The zero-order chi connectivity index (χ0) is 22.6. The predicted molar refractivity (Wildman–Crippen MR) is 118 cm³/mol. The molecule has 0 heterocycles. The Kier molecular flexibility index (Phi) is 9.29. The van der Waals surface area contributed by atoms with Crippen molar-refractivity contribution in [2.45, 2.75) is 26.7 Å². The fourth-order valence-electron chi connectivity index (χ4n) is 2.70. The molecule has 0 spiro atoms. The number of carbonyl (C=O) groups excluding carboxylic acids is 3. The van der Waals surface area contributed by atoms with Gasteiger partial charge in [0.05, 0.1) is 7.11 Å². The van der Waals surface area contributed by atoms with E-state index in [4.69, 9.17) is 14.2 Å². The SMILES string of the molecule is C/C=C/c1ccc(OCC(=O)OCC(=O)c2ccc(NC(=O)CCC)cc2)c(OC)c1. The van der Waals surface area contributed by atoms with Crippen LogP contribution in [0, 0.1) is 0 Å². The van der Waals surface area contributed by atoms with Gasteiger partial charge in [-0.1, -0.05) is 25.1 Å². The standard InChI is InChI=1S/C24H27NO6/c1-4-6-17-8-13-21(22(14-17)29-3)30-16-24(28)31-15-20(26)18-9-11-19(12-10-18)25-23(27)7-5-2/h4,6,8-14H,5,7,15-16H2,1-3H3,(H,25,27)/b6-4+. The summed E-state index contributed by atoms with van der Waals surface area (Å²) in [4.78, 5) is 35.8. The molecule has 0 saturated carbocycles. The summed E-state index contributed by atoms with van der Waals surface area (Å²) in [5.74, 6) is -0.210. The molecule has 0 radical (unpaired) electrons. The molecule has 1 N–H and O–H groups in total. The molecule has 2 aromatic carbocycles. The molecule has 0 atom stereocenters. The largest absolute Gasteiger partial charge is 0.493 e. The topological polar surface area (TPSA) is 90.9 Å². The predicted octanol–water partition coefficient (Wildman–Crippen LogP) is 4.27. The van der Waals surface area contributed by atoms with Crippen molar-refractivity contribution in [2.24, 2.45) is 0 Å². The van der Waals surface area contributed by atoms with Gasteiger partial charge in [-0.3, -0.25) is 9.59 Å². The lowest BCUT2D eigenvalue weighted by molar-refractivity contribution is -0.144. The van der Waals surface area contributed by atoms with E-state index in [1.807, 2.05) is 32.1 Å². The second kappa shape index (κ2) is 12.2. The molecule has 7 nitrogen and oxygen atoms in total. The summed E-state index contributed by atoms with van der Waals surface area (Å²) in [6.45, 7) is 3.08. The number of anilines is 1. The maximum atomic E-state index is 12.2. The number of nitrogens with one attached hydrogen (secondary N) is 1. The minimum Gasteiger partial charge on any atom is -0.493 e. The van der Waals surface area contributed by atoms with Gasteiger partial charge < -0.3 is 19.5 Å². The van der Waals surface area contributed by atoms with Crippen LogP contribution in [0.25, 0.3) is 6.08 Å². The zero-order valence-electron chi connectivity index (χ0n) is 18.0. The number of benzene rings is 2. The van der Waals surface area contributed by atoms with E-state index in [2.05, 4.69) is 5.32 Å². The quantitative estimate of drug-likeness (QED) is 0.427.